The zero-order valence-corrected chi connectivity index (χ0v) is 15.9. The van der Waals surface area contributed by atoms with Crippen molar-refractivity contribution in [2.45, 2.75) is 40.3 Å². The number of amides is 1. The molecular formula is C21H23N3O3. The molecule has 0 aliphatic rings. The van der Waals surface area contributed by atoms with Crippen LogP contribution in [0.3, 0.4) is 0 Å². The lowest BCUT2D eigenvalue weighted by atomic mass is 10.1. The number of benzene rings is 2. The number of carbonyl (C=O) groups excluding carboxylic acids is 1. The quantitative estimate of drug-likeness (QED) is 0.720. The Morgan fingerprint density at radius 3 is 2.67 bits per heavy atom. The molecule has 6 heteroatoms. The summed E-state index contributed by atoms with van der Waals surface area (Å²) in [6, 6.07) is 13.7. The Balaban J connectivity index is 1.57. The third-order valence-electron chi connectivity index (χ3n) is 4.16. The maximum atomic E-state index is 12.3. The summed E-state index contributed by atoms with van der Waals surface area (Å²) in [5, 5.41) is 6.74. The van der Waals surface area contributed by atoms with Crippen LogP contribution < -0.4 is 10.1 Å². The molecule has 3 rings (SSSR count). The summed E-state index contributed by atoms with van der Waals surface area (Å²) in [5.41, 5.74) is 4.14. The molecule has 140 valence electrons. The summed E-state index contributed by atoms with van der Waals surface area (Å²) in [6.07, 6.45) is -0.634. The Hall–Kier alpha value is -3.15. The molecule has 27 heavy (non-hydrogen) atoms. The molecule has 0 fully saturated rings. The Kier molecular flexibility index (Phi) is 5.54. The average Bonchev–Trinajstić information content (AvgIpc) is 3.11. The van der Waals surface area contributed by atoms with Crippen molar-refractivity contribution in [3.8, 4) is 17.1 Å². The normalized spacial score (nSPS) is 11.9. The van der Waals surface area contributed by atoms with E-state index in [4.69, 9.17) is 9.26 Å². The summed E-state index contributed by atoms with van der Waals surface area (Å²) in [5.74, 6) is 1.30. The fraction of sp³-hybridized carbons (Fsp3) is 0.286. The van der Waals surface area contributed by atoms with Gasteiger partial charge < -0.3 is 14.6 Å². The molecule has 0 aliphatic heterocycles. The van der Waals surface area contributed by atoms with Crippen molar-refractivity contribution in [3.63, 3.8) is 0 Å². The first-order valence-electron chi connectivity index (χ1n) is 8.83. The number of ether oxygens (including phenoxy) is 1. The maximum Gasteiger partial charge on any atom is 0.261 e. The smallest absolute Gasteiger partial charge is 0.261 e. The van der Waals surface area contributed by atoms with E-state index in [-0.39, 0.29) is 12.5 Å². The molecule has 1 atom stereocenters. The Morgan fingerprint density at radius 1 is 1.15 bits per heavy atom. The van der Waals surface area contributed by atoms with E-state index in [1.807, 2.05) is 63.2 Å². The van der Waals surface area contributed by atoms with Crippen molar-refractivity contribution in [2.24, 2.45) is 0 Å². The molecule has 6 nitrogen and oxygen atoms in total. The van der Waals surface area contributed by atoms with E-state index in [1.54, 1.807) is 6.92 Å². The van der Waals surface area contributed by atoms with Crippen LogP contribution in [-0.4, -0.2) is 22.2 Å². The lowest BCUT2D eigenvalue weighted by Crippen LogP contribution is -2.36. The van der Waals surface area contributed by atoms with Crippen LogP contribution in [-0.2, 0) is 11.3 Å². The minimum Gasteiger partial charge on any atom is -0.481 e. The highest BCUT2D eigenvalue weighted by molar-refractivity contribution is 5.80. The van der Waals surface area contributed by atoms with Gasteiger partial charge in [0.05, 0.1) is 6.54 Å². The van der Waals surface area contributed by atoms with E-state index < -0.39 is 6.10 Å². The van der Waals surface area contributed by atoms with Crippen molar-refractivity contribution in [2.75, 3.05) is 0 Å². The summed E-state index contributed by atoms with van der Waals surface area (Å²) in [6.45, 7) is 7.83. The summed E-state index contributed by atoms with van der Waals surface area (Å²) < 4.78 is 11.0. The zero-order chi connectivity index (χ0) is 19.4. The highest BCUT2D eigenvalue weighted by Crippen LogP contribution is 2.20. The number of aryl methyl sites for hydroxylation is 3. The predicted octanol–water partition coefficient (Wildman–Crippen LogP) is 3.75. The van der Waals surface area contributed by atoms with Gasteiger partial charge in [0.1, 0.15) is 5.75 Å². The van der Waals surface area contributed by atoms with Crippen molar-refractivity contribution >= 4 is 5.91 Å². The molecule has 0 aliphatic carbocycles. The second kappa shape index (κ2) is 8.03. The molecule has 0 spiro atoms. The van der Waals surface area contributed by atoms with Crippen LogP contribution >= 0.6 is 0 Å². The number of nitrogens with zero attached hydrogens (tertiary/aromatic N) is 2. The van der Waals surface area contributed by atoms with Gasteiger partial charge in [0.25, 0.3) is 5.91 Å². The molecule has 3 aromatic rings. The van der Waals surface area contributed by atoms with Gasteiger partial charge in [0.2, 0.25) is 11.7 Å². The lowest BCUT2D eigenvalue weighted by Gasteiger charge is -2.16. The average molecular weight is 365 g/mol. The van der Waals surface area contributed by atoms with Crippen LogP contribution in [0.15, 0.2) is 47.0 Å². The van der Waals surface area contributed by atoms with Gasteiger partial charge >= 0.3 is 0 Å². The Morgan fingerprint density at radius 2 is 1.93 bits per heavy atom. The molecule has 0 bridgehead atoms. The molecule has 0 saturated heterocycles. The summed E-state index contributed by atoms with van der Waals surface area (Å²) in [7, 11) is 0. The van der Waals surface area contributed by atoms with Crippen LogP contribution in [0.5, 0.6) is 5.75 Å². The van der Waals surface area contributed by atoms with E-state index in [2.05, 4.69) is 15.5 Å². The van der Waals surface area contributed by atoms with E-state index in [0.717, 1.165) is 22.3 Å². The second-order valence-corrected chi connectivity index (χ2v) is 6.63. The predicted molar refractivity (Wildman–Crippen MR) is 102 cm³/mol. The molecule has 1 aromatic heterocycles. The number of carbonyl (C=O) groups is 1. The molecule has 0 unspecified atom stereocenters. The van der Waals surface area contributed by atoms with Crippen molar-refractivity contribution < 1.29 is 14.1 Å². The van der Waals surface area contributed by atoms with Gasteiger partial charge in [0.15, 0.2) is 6.10 Å². The van der Waals surface area contributed by atoms with Crippen LogP contribution in [0.4, 0.5) is 0 Å². The number of rotatable bonds is 6. The van der Waals surface area contributed by atoms with Crippen molar-refractivity contribution in [1.29, 1.82) is 0 Å². The standard InChI is InChI=1S/C21H23N3O3/c1-13-6-5-7-17(11-13)20-23-19(27-24-20)12-22-21(25)16(4)26-18-9-8-14(2)10-15(18)3/h5-11,16H,12H2,1-4H3,(H,22,25)/t16-/m0/s1. The zero-order valence-electron chi connectivity index (χ0n) is 15.9. The first kappa shape index (κ1) is 18.6. The molecule has 1 heterocycles. The third kappa shape index (κ3) is 4.73. The Labute approximate surface area is 158 Å². The molecule has 2 aromatic carbocycles. The van der Waals surface area contributed by atoms with Gasteiger partial charge in [-0.1, -0.05) is 46.6 Å². The fourth-order valence-electron chi connectivity index (χ4n) is 2.71. The molecule has 1 N–H and O–H groups in total. The first-order chi connectivity index (χ1) is 12.9. The molecule has 0 radical (unpaired) electrons. The minimum atomic E-state index is -0.634. The Bertz CT molecular complexity index is 949. The van der Waals surface area contributed by atoms with Crippen LogP contribution in [0.2, 0.25) is 0 Å². The van der Waals surface area contributed by atoms with Gasteiger partial charge in [0, 0.05) is 5.56 Å². The third-order valence-corrected chi connectivity index (χ3v) is 4.16. The highest BCUT2D eigenvalue weighted by atomic mass is 16.5. The summed E-state index contributed by atoms with van der Waals surface area (Å²) in [4.78, 5) is 16.6. The topological polar surface area (TPSA) is 77.2 Å². The van der Waals surface area contributed by atoms with Crippen molar-refractivity contribution in [3.05, 3.63) is 65.0 Å². The number of hydrogen-bond acceptors (Lipinski definition) is 5. The van der Waals surface area contributed by atoms with Gasteiger partial charge in [-0.15, -0.1) is 0 Å². The maximum absolute atomic E-state index is 12.3. The summed E-state index contributed by atoms with van der Waals surface area (Å²) >= 11 is 0. The second-order valence-electron chi connectivity index (χ2n) is 6.63. The number of aromatic nitrogens is 2. The number of nitrogens with one attached hydrogen (secondary N) is 1. The fourth-order valence-corrected chi connectivity index (χ4v) is 2.71. The van der Waals surface area contributed by atoms with E-state index in [1.165, 1.54) is 0 Å². The van der Waals surface area contributed by atoms with Crippen molar-refractivity contribution in [1.82, 2.24) is 15.5 Å². The van der Waals surface area contributed by atoms with Gasteiger partial charge in [-0.3, -0.25) is 4.79 Å². The van der Waals surface area contributed by atoms with E-state index in [9.17, 15) is 4.79 Å². The van der Waals surface area contributed by atoms with Gasteiger partial charge in [-0.2, -0.15) is 4.98 Å². The van der Waals surface area contributed by atoms with E-state index in [0.29, 0.717) is 17.5 Å². The van der Waals surface area contributed by atoms with Crippen LogP contribution in [0.1, 0.15) is 29.5 Å². The van der Waals surface area contributed by atoms with Gasteiger partial charge in [-0.25, -0.2) is 0 Å². The number of hydrogen-bond donors (Lipinski definition) is 1. The van der Waals surface area contributed by atoms with E-state index >= 15 is 0 Å². The van der Waals surface area contributed by atoms with Crippen LogP contribution in [0, 0.1) is 20.8 Å². The lowest BCUT2D eigenvalue weighted by molar-refractivity contribution is -0.127. The molecule has 0 saturated carbocycles. The SMILES string of the molecule is Cc1cccc(-c2noc(CNC(=O)[C@H](C)Oc3ccc(C)cc3C)n2)c1. The molecular weight excluding hydrogens is 342 g/mol. The largest absolute Gasteiger partial charge is 0.481 e. The van der Waals surface area contributed by atoms with Gasteiger partial charge in [-0.05, 0) is 45.4 Å². The minimum absolute atomic E-state index is 0.151. The monoisotopic (exact) mass is 365 g/mol. The highest BCUT2D eigenvalue weighted by Gasteiger charge is 2.17. The molecule has 1 amide bonds. The first-order valence-corrected chi connectivity index (χ1v) is 8.83. The van der Waals surface area contributed by atoms with Crippen LogP contribution in [0.25, 0.3) is 11.4 Å².